The van der Waals surface area contributed by atoms with Crippen molar-refractivity contribution in [1.29, 1.82) is 0 Å². The predicted octanol–water partition coefficient (Wildman–Crippen LogP) is 4.00. The molecule has 0 saturated carbocycles. The van der Waals surface area contributed by atoms with Crippen LogP contribution in [0.3, 0.4) is 0 Å². The van der Waals surface area contributed by atoms with Crippen LogP contribution in [0.5, 0.6) is 0 Å². The summed E-state index contributed by atoms with van der Waals surface area (Å²) in [5, 5.41) is 5.66. The number of hydrogen-bond donors (Lipinski definition) is 2. The highest BCUT2D eigenvalue weighted by Gasteiger charge is 2.15. The lowest BCUT2D eigenvalue weighted by Crippen LogP contribution is -2.16. The van der Waals surface area contributed by atoms with E-state index >= 15 is 0 Å². The average Bonchev–Trinajstić information content (AvgIpc) is 2.68. The predicted molar refractivity (Wildman–Crippen MR) is 99.7 cm³/mol. The molecule has 1 amide bonds. The maximum atomic E-state index is 13.3. The number of pyridine rings is 1. The van der Waals surface area contributed by atoms with Gasteiger partial charge in [-0.3, -0.25) is 9.78 Å². The van der Waals surface area contributed by atoms with Crippen molar-refractivity contribution in [3.63, 3.8) is 0 Å². The number of para-hydroxylation sites is 1. The minimum Gasteiger partial charge on any atom is -0.465 e. The third-order valence-corrected chi connectivity index (χ3v) is 3.69. The van der Waals surface area contributed by atoms with Gasteiger partial charge < -0.3 is 15.4 Å². The number of aromatic nitrogens is 1. The lowest BCUT2D eigenvalue weighted by atomic mass is 10.1. The van der Waals surface area contributed by atoms with Gasteiger partial charge in [0, 0.05) is 17.6 Å². The third kappa shape index (κ3) is 4.46. The van der Waals surface area contributed by atoms with Crippen LogP contribution in [-0.4, -0.2) is 24.0 Å². The van der Waals surface area contributed by atoms with Gasteiger partial charge in [0.2, 0.25) is 0 Å². The summed E-state index contributed by atoms with van der Waals surface area (Å²) < 4.78 is 18.0. The molecule has 2 N–H and O–H groups in total. The highest BCUT2D eigenvalue weighted by Crippen LogP contribution is 2.20. The number of nitrogens with zero attached hydrogens (tertiary/aromatic N) is 1. The molecular weight excluding hydrogens is 349 g/mol. The maximum absolute atomic E-state index is 13.3. The van der Waals surface area contributed by atoms with E-state index in [0.717, 1.165) is 0 Å². The van der Waals surface area contributed by atoms with E-state index in [4.69, 9.17) is 4.74 Å². The Kier molecular flexibility index (Phi) is 5.41. The first kappa shape index (κ1) is 18.1. The van der Waals surface area contributed by atoms with Crippen LogP contribution in [0, 0.1) is 5.82 Å². The lowest BCUT2D eigenvalue weighted by molar-refractivity contribution is 0.0602. The van der Waals surface area contributed by atoms with Crippen molar-refractivity contribution in [3.8, 4) is 0 Å². The summed E-state index contributed by atoms with van der Waals surface area (Å²) in [5.41, 5.74) is 1.81. The highest BCUT2D eigenvalue weighted by atomic mass is 19.1. The van der Waals surface area contributed by atoms with E-state index in [2.05, 4.69) is 15.6 Å². The Labute approximate surface area is 155 Å². The molecule has 0 bridgehead atoms. The summed E-state index contributed by atoms with van der Waals surface area (Å²) in [6, 6.07) is 15.7. The molecule has 0 unspecified atom stereocenters. The fraction of sp³-hybridized carbons (Fsp3) is 0.0500. The molecular formula is C20H16FN3O3. The summed E-state index contributed by atoms with van der Waals surface area (Å²) in [5.74, 6) is -1.42. The van der Waals surface area contributed by atoms with Crippen molar-refractivity contribution >= 4 is 28.9 Å². The smallest absolute Gasteiger partial charge is 0.339 e. The van der Waals surface area contributed by atoms with Crippen LogP contribution in [0.15, 0.2) is 66.9 Å². The second-order valence-electron chi connectivity index (χ2n) is 5.56. The molecule has 0 fully saturated rings. The molecule has 0 aliphatic heterocycles. The van der Waals surface area contributed by atoms with Gasteiger partial charge in [0.25, 0.3) is 5.91 Å². The zero-order valence-corrected chi connectivity index (χ0v) is 14.4. The van der Waals surface area contributed by atoms with Crippen molar-refractivity contribution in [3.05, 3.63) is 83.9 Å². The zero-order valence-electron chi connectivity index (χ0n) is 14.4. The van der Waals surface area contributed by atoms with Crippen LogP contribution in [0.1, 0.15) is 20.8 Å². The summed E-state index contributed by atoms with van der Waals surface area (Å²) in [4.78, 5) is 28.4. The molecule has 0 saturated heterocycles. The highest BCUT2D eigenvalue weighted by molar-refractivity contribution is 6.07. The van der Waals surface area contributed by atoms with Crippen molar-refractivity contribution in [2.24, 2.45) is 0 Å². The standard InChI is InChI=1S/C20H16FN3O3/c1-27-20(26)16-7-2-3-8-17(16)24-19(25)18-12-15(9-10-22-18)23-14-6-4-5-13(21)11-14/h2-12H,1H3,(H,22,23)(H,24,25). The maximum Gasteiger partial charge on any atom is 0.339 e. The number of benzene rings is 2. The van der Waals surface area contributed by atoms with E-state index < -0.39 is 11.9 Å². The number of rotatable bonds is 5. The van der Waals surface area contributed by atoms with Gasteiger partial charge in [-0.15, -0.1) is 0 Å². The van der Waals surface area contributed by atoms with Gasteiger partial charge in [-0.1, -0.05) is 18.2 Å². The average molecular weight is 365 g/mol. The molecule has 2 aromatic carbocycles. The second kappa shape index (κ2) is 8.09. The number of esters is 1. The van der Waals surface area contributed by atoms with Crippen molar-refractivity contribution in [1.82, 2.24) is 4.98 Å². The third-order valence-electron chi connectivity index (χ3n) is 3.69. The van der Waals surface area contributed by atoms with Gasteiger partial charge in [0.15, 0.2) is 0 Å². The number of hydrogen-bond acceptors (Lipinski definition) is 5. The van der Waals surface area contributed by atoms with Crippen molar-refractivity contribution < 1.29 is 18.7 Å². The number of halogens is 1. The summed E-state index contributed by atoms with van der Waals surface area (Å²) in [6.45, 7) is 0. The molecule has 0 radical (unpaired) electrons. The topological polar surface area (TPSA) is 80.3 Å². The molecule has 1 aromatic heterocycles. The Morgan fingerprint density at radius 2 is 1.78 bits per heavy atom. The lowest BCUT2D eigenvalue weighted by Gasteiger charge is -2.10. The monoisotopic (exact) mass is 365 g/mol. The van der Waals surface area contributed by atoms with Gasteiger partial charge in [0.05, 0.1) is 18.4 Å². The van der Waals surface area contributed by atoms with Crippen LogP contribution in [0.25, 0.3) is 0 Å². The molecule has 0 aliphatic carbocycles. The van der Waals surface area contributed by atoms with E-state index in [0.29, 0.717) is 17.1 Å². The molecule has 0 aliphatic rings. The zero-order chi connectivity index (χ0) is 19.2. The first-order chi connectivity index (χ1) is 13.1. The fourth-order valence-electron chi connectivity index (χ4n) is 2.43. The number of ether oxygens (including phenoxy) is 1. The Morgan fingerprint density at radius 3 is 2.56 bits per heavy atom. The van der Waals surface area contributed by atoms with Gasteiger partial charge in [0.1, 0.15) is 11.5 Å². The fourth-order valence-corrected chi connectivity index (χ4v) is 2.43. The molecule has 3 aromatic rings. The van der Waals surface area contributed by atoms with Gasteiger partial charge >= 0.3 is 5.97 Å². The van der Waals surface area contributed by atoms with E-state index in [1.165, 1.54) is 31.5 Å². The second-order valence-corrected chi connectivity index (χ2v) is 5.56. The SMILES string of the molecule is COC(=O)c1ccccc1NC(=O)c1cc(Nc2cccc(F)c2)ccn1. The normalized spacial score (nSPS) is 10.1. The number of amides is 1. The molecule has 136 valence electrons. The molecule has 3 rings (SSSR count). The summed E-state index contributed by atoms with van der Waals surface area (Å²) in [7, 11) is 1.27. The number of carbonyl (C=O) groups excluding carboxylic acids is 2. The van der Waals surface area contributed by atoms with Gasteiger partial charge in [-0.2, -0.15) is 0 Å². The van der Waals surface area contributed by atoms with Crippen molar-refractivity contribution in [2.75, 3.05) is 17.7 Å². The Bertz CT molecular complexity index is 991. The van der Waals surface area contributed by atoms with E-state index in [1.807, 2.05) is 0 Å². The number of methoxy groups -OCH3 is 1. The largest absolute Gasteiger partial charge is 0.465 e. The molecule has 27 heavy (non-hydrogen) atoms. The minimum absolute atomic E-state index is 0.135. The van der Waals surface area contributed by atoms with Crippen LogP contribution in [-0.2, 0) is 4.74 Å². The Balaban J connectivity index is 1.79. The van der Waals surface area contributed by atoms with Gasteiger partial charge in [-0.25, -0.2) is 9.18 Å². The van der Waals surface area contributed by atoms with Crippen LogP contribution >= 0.6 is 0 Å². The van der Waals surface area contributed by atoms with E-state index in [9.17, 15) is 14.0 Å². The van der Waals surface area contributed by atoms with Crippen LogP contribution < -0.4 is 10.6 Å². The number of nitrogens with one attached hydrogen (secondary N) is 2. The van der Waals surface area contributed by atoms with Crippen molar-refractivity contribution in [2.45, 2.75) is 0 Å². The first-order valence-corrected chi connectivity index (χ1v) is 8.04. The molecule has 0 atom stereocenters. The summed E-state index contributed by atoms with van der Waals surface area (Å²) >= 11 is 0. The number of anilines is 3. The number of carbonyl (C=O) groups is 2. The van der Waals surface area contributed by atoms with Crippen LogP contribution in [0.2, 0.25) is 0 Å². The Morgan fingerprint density at radius 1 is 1.00 bits per heavy atom. The molecule has 6 nitrogen and oxygen atoms in total. The van der Waals surface area contributed by atoms with Gasteiger partial charge in [-0.05, 0) is 42.5 Å². The van der Waals surface area contributed by atoms with E-state index in [1.54, 1.807) is 42.5 Å². The Hall–Kier alpha value is -3.74. The van der Waals surface area contributed by atoms with Crippen LogP contribution in [0.4, 0.5) is 21.5 Å². The minimum atomic E-state index is -0.555. The first-order valence-electron chi connectivity index (χ1n) is 8.04. The quantitative estimate of drug-likeness (QED) is 0.668. The molecule has 1 heterocycles. The molecule has 0 spiro atoms. The molecule has 7 heteroatoms. The summed E-state index contributed by atoms with van der Waals surface area (Å²) in [6.07, 6.45) is 1.46. The van der Waals surface area contributed by atoms with E-state index in [-0.39, 0.29) is 17.1 Å².